The Kier molecular flexibility index (Phi) is 11.2. The fourth-order valence-electron chi connectivity index (χ4n) is 2.67. The van der Waals surface area contributed by atoms with Gasteiger partial charge in [-0.2, -0.15) is 0 Å². The van der Waals surface area contributed by atoms with E-state index in [1.807, 2.05) is 30.3 Å². The minimum atomic E-state index is -1.29. The summed E-state index contributed by atoms with van der Waals surface area (Å²) in [6.07, 6.45) is 2.32. The summed E-state index contributed by atoms with van der Waals surface area (Å²) in [5.41, 5.74) is 1.62. The molecule has 1 unspecified atom stereocenters. The zero-order valence-electron chi connectivity index (χ0n) is 16.1. The molecule has 1 amide bonds. The molecule has 0 aliphatic carbocycles. The summed E-state index contributed by atoms with van der Waals surface area (Å²) < 4.78 is 0. The Balaban J connectivity index is 0.00000392. The Morgan fingerprint density at radius 2 is 1.79 bits per heavy atom. The maximum absolute atomic E-state index is 12.6. The monoisotopic (exact) mass is 407 g/mol. The van der Waals surface area contributed by atoms with E-state index in [1.165, 1.54) is 24.6 Å². The summed E-state index contributed by atoms with van der Waals surface area (Å²) in [4.78, 5) is 34.9. The van der Waals surface area contributed by atoms with Gasteiger partial charge in [-0.1, -0.05) is 54.2 Å². The summed E-state index contributed by atoms with van der Waals surface area (Å²) in [5.74, 6) is -1.45. The second-order valence-corrected chi connectivity index (χ2v) is 7.43. The van der Waals surface area contributed by atoms with E-state index >= 15 is 0 Å². The van der Waals surface area contributed by atoms with Crippen LogP contribution in [-0.4, -0.2) is 22.7 Å². The summed E-state index contributed by atoms with van der Waals surface area (Å²) in [7, 11) is 0. The third-order valence-corrected chi connectivity index (χ3v) is 5.06. The molecule has 0 radical (unpaired) electrons. The molecule has 0 heterocycles. The van der Waals surface area contributed by atoms with Crippen molar-refractivity contribution in [3.8, 4) is 0 Å². The van der Waals surface area contributed by atoms with Gasteiger partial charge in [-0.05, 0) is 42.5 Å². The number of aromatic carboxylic acids is 1. The Hall–Kier alpha value is -1.60. The third kappa shape index (κ3) is 8.61. The Bertz CT molecular complexity index is 798. The molecule has 0 aromatic heterocycles. The van der Waals surface area contributed by atoms with Crippen molar-refractivity contribution in [2.75, 3.05) is 11.1 Å². The van der Waals surface area contributed by atoms with Gasteiger partial charge in [0.15, 0.2) is 5.12 Å². The van der Waals surface area contributed by atoms with E-state index in [9.17, 15) is 19.5 Å². The number of carboxylic acid groups (broad SMARTS) is 1. The second kappa shape index (κ2) is 12.8. The minimum absolute atomic E-state index is 0. The first-order valence-corrected chi connectivity index (χ1v) is 9.74. The predicted molar refractivity (Wildman–Crippen MR) is 105 cm³/mol. The van der Waals surface area contributed by atoms with E-state index in [1.54, 1.807) is 12.1 Å². The van der Waals surface area contributed by atoms with Gasteiger partial charge in [0.25, 0.3) is 0 Å². The van der Waals surface area contributed by atoms with Crippen LogP contribution >= 0.6 is 11.8 Å². The molecule has 1 N–H and O–H groups in total. The summed E-state index contributed by atoms with van der Waals surface area (Å²) in [5, 5.41) is 13.7. The van der Waals surface area contributed by atoms with Gasteiger partial charge in [-0.25, -0.2) is 0 Å². The number of anilines is 1. The molecule has 2 aromatic rings. The van der Waals surface area contributed by atoms with Crippen LogP contribution in [0.2, 0.25) is 0 Å². The van der Waals surface area contributed by atoms with E-state index in [0.29, 0.717) is 17.9 Å². The van der Waals surface area contributed by atoms with Crippen molar-refractivity contribution in [1.82, 2.24) is 0 Å². The predicted octanol–water partition coefficient (Wildman–Crippen LogP) is -0.0886. The van der Waals surface area contributed by atoms with Crippen LogP contribution in [0, 0.1) is 5.92 Å². The van der Waals surface area contributed by atoms with Crippen LogP contribution in [0.15, 0.2) is 54.6 Å². The number of carbonyl (C=O) groups is 3. The first-order chi connectivity index (χ1) is 13.0. The fraction of sp³-hybridized carbons (Fsp3) is 0.286. The van der Waals surface area contributed by atoms with Gasteiger partial charge in [0.05, 0.1) is 5.97 Å². The van der Waals surface area contributed by atoms with Crippen LogP contribution in [0.5, 0.6) is 0 Å². The van der Waals surface area contributed by atoms with Crippen molar-refractivity contribution in [1.29, 1.82) is 0 Å². The second-order valence-electron chi connectivity index (χ2n) is 6.23. The van der Waals surface area contributed by atoms with Gasteiger partial charge < -0.3 is 15.2 Å². The average molecular weight is 407 g/mol. The van der Waals surface area contributed by atoms with E-state index in [0.717, 1.165) is 24.6 Å². The molecule has 5 nitrogen and oxygen atoms in total. The van der Waals surface area contributed by atoms with Crippen molar-refractivity contribution in [3.63, 3.8) is 0 Å². The van der Waals surface area contributed by atoms with Crippen molar-refractivity contribution >= 4 is 34.4 Å². The zero-order valence-corrected chi connectivity index (χ0v) is 19.0. The maximum Gasteiger partial charge on any atom is 1.00 e. The summed E-state index contributed by atoms with van der Waals surface area (Å²) in [6, 6.07) is 16.0. The summed E-state index contributed by atoms with van der Waals surface area (Å²) in [6.45, 7) is 1.48. The standard InChI is InChI=1S/C21H23NO4S.Na/c1-15(23)27-14-18(11-5-9-16-7-3-2-4-8-16)20(24)22-19-12-6-10-17(13-19)21(25)26;/h2-4,6-8,10,12-13,18H,5,9,11,14H2,1H3,(H,22,24)(H,25,26);/q;+1/p-1. The normalized spacial score (nSPS) is 11.2. The van der Waals surface area contributed by atoms with Crippen LogP contribution in [0.3, 0.4) is 0 Å². The fourth-order valence-corrected chi connectivity index (χ4v) is 3.43. The first kappa shape index (κ1) is 24.4. The summed E-state index contributed by atoms with van der Waals surface area (Å²) >= 11 is 1.13. The molecule has 2 aromatic carbocycles. The van der Waals surface area contributed by atoms with Crippen molar-refractivity contribution in [2.24, 2.45) is 5.92 Å². The molecule has 0 aliphatic rings. The van der Waals surface area contributed by atoms with Gasteiger partial charge in [0, 0.05) is 24.3 Å². The molecule has 0 fully saturated rings. The molecule has 0 spiro atoms. The van der Waals surface area contributed by atoms with Crippen molar-refractivity contribution in [2.45, 2.75) is 26.2 Å². The number of thioether (sulfide) groups is 1. The smallest absolute Gasteiger partial charge is 0.545 e. The number of hydrogen-bond acceptors (Lipinski definition) is 5. The number of rotatable bonds is 9. The van der Waals surface area contributed by atoms with Gasteiger partial charge in [-0.3, -0.25) is 9.59 Å². The quantitative estimate of drug-likeness (QED) is 0.588. The molecule has 142 valence electrons. The first-order valence-electron chi connectivity index (χ1n) is 8.75. The molecule has 1 atom stereocenters. The Morgan fingerprint density at radius 1 is 1.07 bits per heavy atom. The van der Waals surface area contributed by atoms with Crippen LogP contribution in [0.1, 0.15) is 35.7 Å². The molecule has 0 saturated carbocycles. The van der Waals surface area contributed by atoms with Gasteiger partial charge >= 0.3 is 29.6 Å². The average Bonchev–Trinajstić information content (AvgIpc) is 2.65. The maximum atomic E-state index is 12.6. The van der Waals surface area contributed by atoms with Crippen molar-refractivity contribution in [3.05, 3.63) is 65.7 Å². The van der Waals surface area contributed by atoms with Gasteiger partial charge in [-0.15, -0.1) is 0 Å². The zero-order chi connectivity index (χ0) is 19.6. The molecular formula is C21H22NNaO4S. The SMILES string of the molecule is CC(=O)SCC(CCCc1ccccc1)C(=O)Nc1cccc(C(=O)[O-])c1.[Na+]. The van der Waals surface area contributed by atoms with E-state index in [2.05, 4.69) is 5.32 Å². The Labute approximate surface area is 191 Å². The van der Waals surface area contributed by atoms with Crippen molar-refractivity contribution < 1.29 is 49.0 Å². The molecule has 0 saturated heterocycles. The third-order valence-electron chi connectivity index (χ3n) is 4.09. The molecule has 2 rings (SSSR count). The number of carboxylic acids is 1. The largest absolute Gasteiger partial charge is 1.00 e. The van der Waals surface area contributed by atoms with E-state index < -0.39 is 5.97 Å². The molecular weight excluding hydrogens is 385 g/mol. The number of amides is 1. The number of benzene rings is 2. The van der Waals surface area contributed by atoms with Crippen LogP contribution in [0.4, 0.5) is 5.69 Å². The topological polar surface area (TPSA) is 86.3 Å². The molecule has 28 heavy (non-hydrogen) atoms. The number of carbonyl (C=O) groups excluding carboxylic acids is 3. The van der Waals surface area contributed by atoms with E-state index in [4.69, 9.17) is 0 Å². The van der Waals surface area contributed by atoms with E-state index in [-0.39, 0.29) is 52.1 Å². The van der Waals surface area contributed by atoms with Crippen LogP contribution in [0.25, 0.3) is 0 Å². The van der Waals surface area contributed by atoms with Crippen LogP contribution < -0.4 is 40.0 Å². The molecule has 0 aliphatic heterocycles. The number of nitrogens with one attached hydrogen (secondary N) is 1. The van der Waals surface area contributed by atoms with Crippen LogP contribution in [-0.2, 0) is 16.0 Å². The number of aryl methyl sites for hydroxylation is 1. The molecule has 7 heteroatoms. The minimum Gasteiger partial charge on any atom is -0.545 e. The number of hydrogen-bond donors (Lipinski definition) is 1. The molecule has 0 bridgehead atoms. The van der Waals surface area contributed by atoms with Gasteiger partial charge in [0.2, 0.25) is 5.91 Å². The van der Waals surface area contributed by atoms with Gasteiger partial charge in [0.1, 0.15) is 0 Å². The Morgan fingerprint density at radius 3 is 2.43 bits per heavy atom.